The Balaban J connectivity index is 1.83. The second-order valence-corrected chi connectivity index (χ2v) is 5.38. The summed E-state index contributed by atoms with van der Waals surface area (Å²) < 4.78 is 5.33. The number of rotatable bonds is 3. The van der Waals surface area contributed by atoms with Crippen LogP contribution in [0.5, 0.6) is 0 Å². The molecule has 3 rings (SSSR count). The Hall–Kier alpha value is -1.56. The molecule has 0 atom stereocenters. The normalized spacial score (nSPS) is 15.0. The van der Waals surface area contributed by atoms with Crippen LogP contribution in [-0.4, -0.2) is 36.3 Å². The van der Waals surface area contributed by atoms with Gasteiger partial charge in [-0.2, -0.15) is 4.98 Å². The van der Waals surface area contributed by atoms with Crippen molar-refractivity contribution in [1.82, 2.24) is 9.97 Å². The summed E-state index contributed by atoms with van der Waals surface area (Å²) >= 11 is 12.3. The third-order valence-electron chi connectivity index (χ3n) is 3.15. The van der Waals surface area contributed by atoms with E-state index in [9.17, 15) is 0 Å². The van der Waals surface area contributed by atoms with Crippen LogP contribution in [0.25, 0.3) is 0 Å². The van der Waals surface area contributed by atoms with E-state index in [4.69, 9.17) is 27.9 Å². The Morgan fingerprint density at radius 1 is 1.10 bits per heavy atom. The SMILES string of the molecule is Clc1cccc(Cl)c1Nc1ccnc(N2CCOCC2)n1. The van der Waals surface area contributed by atoms with Gasteiger partial charge >= 0.3 is 0 Å². The van der Waals surface area contributed by atoms with Crippen molar-refractivity contribution in [2.45, 2.75) is 0 Å². The Morgan fingerprint density at radius 2 is 1.81 bits per heavy atom. The van der Waals surface area contributed by atoms with Crippen LogP contribution in [0, 0.1) is 0 Å². The van der Waals surface area contributed by atoms with Crippen molar-refractivity contribution in [1.29, 1.82) is 0 Å². The molecule has 21 heavy (non-hydrogen) atoms. The highest BCUT2D eigenvalue weighted by atomic mass is 35.5. The summed E-state index contributed by atoms with van der Waals surface area (Å²) in [6.07, 6.45) is 1.71. The van der Waals surface area contributed by atoms with E-state index in [1.165, 1.54) is 0 Å². The van der Waals surface area contributed by atoms with Crippen LogP contribution in [0.4, 0.5) is 17.5 Å². The molecule has 5 nitrogen and oxygen atoms in total. The Labute approximate surface area is 132 Å². The molecule has 0 amide bonds. The van der Waals surface area contributed by atoms with E-state index in [-0.39, 0.29) is 0 Å². The van der Waals surface area contributed by atoms with Crippen LogP contribution >= 0.6 is 23.2 Å². The number of hydrogen-bond acceptors (Lipinski definition) is 5. The number of benzene rings is 1. The molecule has 2 aromatic rings. The van der Waals surface area contributed by atoms with Crippen molar-refractivity contribution in [3.63, 3.8) is 0 Å². The molecule has 110 valence electrons. The Bertz CT molecular complexity index is 612. The number of aromatic nitrogens is 2. The van der Waals surface area contributed by atoms with E-state index < -0.39 is 0 Å². The molecule has 1 aromatic heterocycles. The quantitative estimate of drug-likeness (QED) is 0.938. The van der Waals surface area contributed by atoms with E-state index in [0.29, 0.717) is 40.7 Å². The van der Waals surface area contributed by atoms with E-state index in [1.54, 1.807) is 30.5 Å². The molecule has 1 aliphatic rings. The van der Waals surface area contributed by atoms with Gasteiger partial charge in [0, 0.05) is 19.3 Å². The first-order valence-corrected chi connectivity index (χ1v) is 7.36. The Kier molecular flexibility index (Phi) is 4.43. The molecule has 1 N–H and O–H groups in total. The van der Waals surface area contributed by atoms with Gasteiger partial charge in [0.1, 0.15) is 5.82 Å². The number of nitrogens with zero attached hydrogens (tertiary/aromatic N) is 3. The second kappa shape index (κ2) is 6.47. The van der Waals surface area contributed by atoms with Gasteiger partial charge in [0.05, 0.1) is 28.9 Å². The van der Waals surface area contributed by atoms with Gasteiger partial charge in [0.2, 0.25) is 5.95 Å². The maximum absolute atomic E-state index is 6.15. The molecule has 1 aliphatic heterocycles. The van der Waals surface area contributed by atoms with Gasteiger partial charge in [-0.05, 0) is 18.2 Å². The molecular weight excluding hydrogens is 311 g/mol. The molecule has 0 unspecified atom stereocenters. The number of ether oxygens (including phenoxy) is 1. The predicted octanol–water partition coefficient (Wildman–Crippen LogP) is 3.36. The van der Waals surface area contributed by atoms with Gasteiger partial charge in [-0.15, -0.1) is 0 Å². The number of hydrogen-bond donors (Lipinski definition) is 1. The van der Waals surface area contributed by atoms with Gasteiger partial charge in [0.15, 0.2) is 0 Å². The molecule has 2 heterocycles. The highest BCUT2D eigenvalue weighted by Crippen LogP contribution is 2.32. The van der Waals surface area contributed by atoms with Crippen molar-refractivity contribution in [2.75, 3.05) is 36.5 Å². The van der Waals surface area contributed by atoms with Crippen molar-refractivity contribution in [2.24, 2.45) is 0 Å². The predicted molar refractivity (Wildman–Crippen MR) is 84.8 cm³/mol. The molecule has 1 fully saturated rings. The first kappa shape index (κ1) is 14.4. The zero-order valence-corrected chi connectivity index (χ0v) is 12.7. The van der Waals surface area contributed by atoms with Gasteiger partial charge in [0.25, 0.3) is 0 Å². The topological polar surface area (TPSA) is 50.3 Å². The fourth-order valence-corrected chi connectivity index (χ4v) is 2.57. The highest BCUT2D eigenvalue weighted by Gasteiger charge is 2.14. The smallest absolute Gasteiger partial charge is 0.227 e. The van der Waals surface area contributed by atoms with Crippen LogP contribution < -0.4 is 10.2 Å². The summed E-state index contributed by atoms with van der Waals surface area (Å²) in [7, 11) is 0. The first-order valence-electron chi connectivity index (χ1n) is 6.61. The number of anilines is 3. The molecule has 1 aromatic carbocycles. The molecule has 0 spiro atoms. The zero-order valence-electron chi connectivity index (χ0n) is 11.2. The highest BCUT2D eigenvalue weighted by molar-refractivity contribution is 6.39. The lowest BCUT2D eigenvalue weighted by Gasteiger charge is -2.26. The molecule has 1 saturated heterocycles. The zero-order chi connectivity index (χ0) is 14.7. The van der Waals surface area contributed by atoms with Crippen LogP contribution in [0.2, 0.25) is 10.0 Å². The maximum Gasteiger partial charge on any atom is 0.227 e. The lowest BCUT2D eigenvalue weighted by Crippen LogP contribution is -2.37. The summed E-state index contributed by atoms with van der Waals surface area (Å²) in [4.78, 5) is 10.9. The van der Waals surface area contributed by atoms with Gasteiger partial charge in [-0.1, -0.05) is 29.3 Å². The van der Waals surface area contributed by atoms with Gasteiger partial charge in [-0.3, -0.25) is 0 Å². The lowest BCUT2D eigenvalue weighted by atomic mass is 10.3. The van der Waals surface area contributed by atoms with Crippen LogP contribution in [0.3, 0.4) is 0 Å². The molecule has 0 radical (unpaired) electrons. The minimum absolute atomic E-state index is 0.550. The molecule has 7 heteroatoms. The number of para-hydroxylation sites is 1. The number of morpholine rings is 1. The molecule has 0 saturated carbocycles. The van der Waals surface area contributed by atoms with Crippen molar-refractivity contribution in [3.8, 4) is 0 Å². The number of halogens is 2. The van der Waals surface area contributed by atoms with Crippen LogP contribution in [0.15, 0.2) is 30.5 Å². The third kappa shape index (κ3) is 3.37. The summed E-state index contributed by atoms with van der Waals surface area (Å²) in [5.41, 5.74) is 0.646. The summed E-state index contributed by atoms with van der Waals surface area (Å²) in [5.74, 6) is 1.33. The van der Waals surface area contributed by atoms with E-state index in [0.717, 1.165) is 13.1 Å². The first-order chi connectivity index (χ1) is 10.2. The average Bonchev–Trinajstić information content (AvgIpc) is 2.52. The van der Waals surface area contributed by atoms with Crippen LogP contribution in [-0.2, 0) is 4.74 Å². The number of nitrogens with one attached hydrogen (secondary N) is 1. The fraction of sp³-hybridized carbons (Fsp3) is 0.286. The molecule has 0 aliphatic carbocycles. The average molecular weight is 325 g/mol. The molecule has 0 bridgehead atoms. The van der Waals surface area contributed by atoms with Crippen molar-refractivity contribution >= 4 is 40.7 Å². The van der Waals surface area contributed by atoms with Gasteiger partial charge < -0.3 is 15.0 Å². The van der Waals surface area contributed by atoms with Gasteiger partial charge in [-0.25, -0.2) is 4.98 Å². The monoisotopic (exact) mass is 324 g/mol. The summed E-state index contributed by atoms with van der Waals surface area (Å²) in [6.45, 7) is 2.96. The summed E-state index contributed by atoms with van der Waals surface area (Å²) in [6, 6.07) is 7.14. The maximum atomic E-state index is 6.15. The molecular formula is C14H14Cl2N4O. The fourth-order valence-electron chi connectivity index (χ4n) is 2.08. The Morgan fingerprint density at radius 3 is 2.52 bits per heavy atom. The largest absolute Gasteiger partial charge is 0.378 e. The minimum atomic E-state index is 0.550. The lowest BCUT2D eigenvalue weighted by molar-refractivity contribution is 0.122. The van der Waals surface area contributed by atoms with E-state index >= 15 is 0 Å². The van der Waals surface area contributed by atoms with E-state index in [1.807, 2.05) is 0 Å². The van der Waals surface area contributed by atoms with Crippen LogP contribution in [0.1, 0.15) is 0 Å². The third-order valence-corrected chi connectivity index (χ3v) is 3.78. The van der Waals surface area contributed by atoms with E-state index in [2.05, 4.69) is 20.2 Å². The standard InChI is InChI=1S/C14H14Cl2N4O/c15-10-2-1-3-11(16)13(10)18-12-4-5-17-14(19-12)20-6-8-21-9-7-20/h1-5H,6-9H2,(H,17,18,19). The summed E-state index contributed by atoms with van der Waals surface area (Å²) in [5, 5.41) is 4.25. The second-order valence-electron chi connectivity index (χ2n) is 4.56. The van der Waals surface area contributed by atoms with Crippen molar-refractivity contribution in [3.05, 3.63) is 40.5 Å². The van der Waals surface area contributed by atoms with Crippen molar-refractivity contribution < 1.29 is 4.74 Å². The minimum Gasteiger partial charge on any atom is -0.378 e.